The third-order valence-electron chi connectivity index (χ3n) is 1.74. The normalized spacial score (nSPS) is 23.1. The Morgan fingerprint density at radius 2 is 2.23 bits per heavy atom. The van der Waals surface area contributed by atoms with Gasteiger partial charge in [0.05, 0.1) is 0 Å². The van der Waals surface area contributed by atoms with Gasteiger partial charge in [-0.2, -0.15) is 0 Å². The maximum absolute atomic E-state index is 9.45. The van der Waals surface area contributed by atoms with Crippen molar-refractivity contribution in [3.05, 3.63) is 47.8 Å². The molecule has 0 saturated heterocycles. The molecule has 0 saturated carbocycles. The molecule has 0 radical (unpaired) electrons. The van der Waals surface area contributed by atoms with Gasteiger partial charge in [0.2, 0.25) is 0 Å². The van der Waals surface area contributed by atoms with Crippen molar-refractivity contribution >= 4 is 5.71 Å². The molecule has 1 rings (SSSR count). The molecule has 0 fully saturated rings. The molecule has 1 aliphatic rings. The molecule has 2 heteroatoms. The second kappa shape index (κ2) is 4.45. The monoisotopic (exact) mass is 175 g/mol. The molecular formula is C11H13NO. The summed E-state index contributed by atoms with van der Waals surface area (Å²) in [6, 6.07) is 0. The van der Waals surface area contributed by atoms with Gasteiger partial charge in [0, 0.05) is 12.6 Å². The summed E-state index contributed by atoms with van der Waals surface area (Å²) in [7, 11) is 1.67. The molecule has 0 atom stereocenters. The summed E-state index contributed by atoms with van der Waals surface area (Å²) >= 11 is 0. The highest BCUT2D eigenvalue weighted by Gasteiger charge is 2.10. The summed E-state index contributed by atoms with van der Waals surface area (Å²) in [6.45, 7) is 1.95. The molecule has 0 spiro atoms. The van der Waals surface area contributed by atoms with Gasteiger partial charge in [-0.25, -0.2) is 0 Å². The maximum Gasteiger partial charge on any atom is 0.141 e. The molecule has 13 heavy (non-hydrogen) atoms. The molecule has 0 aromatic carbocycles. The minimum Gasteiger partial charge on any atom is -0.506 e. The van der Waals surface area contributed by atoms with Gasteiger partial charge in [0.15, 0.2) is 0 Å². The van der Waals surface area contributed by atoms with Gasteiger partial charge in [0.25, 0.3) is 0 Å². The molecular weight excluding hydrogens is 162 g/mol. The van der Waals surface area contributed by atoms with Crippen molar-refractivity contribution in [3.63, 3.8) is 0 Å². The zero-order valence-corrected chi connectivity index (χ0v) is 7.86. The number of hydrogen-bond donors (Lipinski definition) is 1. The first-order chi connectivity index (χ1) is 6.29. The SMILES string of the molecule is C/C=C\C=C1\C=CC=C(O)C1=NC. The van der Waals surface area contributed by atoms with Crippen LogP contribution in [0.4, 0.5) is 0 Å². The summed E-state index contributed by atoms with van der Waals surface area (Å²) in [4.78, 5) is 4.01. The van der Waals surface area contributed by atoms with E-state index in [1.54, 1.807) is 19.2 Å². The van der Waals surface area contributed by atoms with Gasteiger partial charge in [-0.3, -0.25) is 4.99 Å². The van der Waals surface area contributed by atoms with E-state index in [0.717, 1.165) is 5.57 Å². The lowest BCUT2D eigenvalue weighted by Gasteiger charge is -2.08. The fourth-order valence-corrected chi connectivity index (χ4v) is 1.13. The average Bonchev–Trinajstić information content (AvgIpc) is 2.15. The van der Waals surface area contributed by atoms with Crippen LogP contribution >= 0.6 is 0 Å². The summed E-state index contributed by atoms with van der Waals surface area (Å²) in [5.74, 6) is 0.223. The van der Waals surface area contributed by atoms with Gasteiger partial charge >= 0.3 is 0 Å². The molecule has 0 aromatic rings. The summed E-state index contributed by atoms with van der Waals surface area (Å²) in [6.07, 6.45) is 11.1. The lowest BCUT2D eigenvalue weighted by molar-refractivity contribution is 0.443. The Kier molecular flexibility index (Phi) is 3.26. The number of hydrogen-bond acceptors (Lipinski definition) is 2. The number of nitrogens with zero attached hydrogens (tertiary/aromatic N) is 1. The van der Waals surface area contributed by atoms with Crippen molar-refractivity contribution < 1.29 is 5.11 Å². The van der Waals surface area contributed by atoms with Crippen molar-refractivity contribution in [1.82, 2.24) is 0 Å². The summed E-state index contributed by atoms with van der Waals surface area (Å²) in [5, 5.41) is 9.45. The maximum atomic E-state index is 9.45. The van der Waals surface area contributed by atoms with E-state index < -0.39 is 0 Å². The third-order valence-corrected chi connectivity index (χ3v) is 1.74. The van der Waals surface area contributed by atoms with E-state index in [0.29, 0.717) is 5.71 Å². The molecule has 0 aliphatic heterocycles. The van der Waals surface area contributed by atoms with Crippen LogP contribution in [0.5, 0.6) is 0 Å². The quantitative estimate of drug-likeness (QED) is 0.652. The summed E-state index contributed by atoms with van der Waals surface area (Å²) in [5.41, 5.74) is 1.57. The van der Waals surface area contributed by atoms with Crippen molar-refractivity contribution in [1.29, 1.82) is 0 Å². The Bertz CT molecular complexity index is 330. The second-order valence-corrected chi connectivity index (χ2v) is 2.63. The van der Waals surface area contributed by atoms with Gasteiger partial charge in [-0.05, 0) is 13.0 Å². The lowest BCUT2D eigenvalue weighted by Crippen LogP contribution is -2.07. The van der Waals surface area contributed by atoms with E-state index in [-0.39, 0.29) is 5.76 Å². The lowest BCUT2D eigenvalue weighted by atomic mass is 10.0. The van der Waals surface area contributed by atoms with Crippen LogP contribution in [0.3, 0.4) is 0 Å². The first kappa shape index (κ1) is 9.52. The highest BCUT2D eigenvalue weighted by molar-refractivity contribution is 6.13. The fraction of sp³-hybridized carbons (Fsp3) is 0.182. The Labute approximate surface area is 78.3 Å². The Balaban J connectivity index is 3.02. The smallest absolute Gasteiger partial charge is 0.141 e. The Morgan fingerprint density at radius 3 is 2.85 bits per heavy atom. The fourth-order valence-electron chi connectivity index (χ4n) is 1.13. The van der Waals surface area contributed by atoms with Gasteiger partial charge < -0.3 is 5.11 Å². The van der Waals surface area contributed by atoms with E-state index in [1.165, 1.54) is 0 Å². The molecule has 0 bridgehead atoms. The highest BCUT2D eigenvalue weighted by Crippen LogP contribution is 2.13. The minimum atomic E-state index is 0.223. The van der Waals surface area contributed by atoms with Crippen LogP contribution in [-0.4, -0.2) is 17.9 Å². The van der Waals surface area contributed by atoms with E-state index in [2.05, 4.69) is 4.99 Å². The van der Waals surface area contributed by atoms with Crippen LogP contribution in [0.1, 0.15) is 6.92 Å². The Hall–Kier alpha value is -1.57. The predicted octanol–water partition coefficient (Wildman–Crippen LogP) is 2.57. The van der Waals surface area contributed by atoms with Crippen LogP contribution in [0.15, 0.2) is 52.8 Å². The van der Waals surface area contributed by atoms with E-state index >= 15 is 0 Å². The van der Waals surface area contributed by atoms with Crippen molar-refractivity contribution in [3.8, 4) is 0 Å². The van der Waals surface area contributed by atoms with Crippen molar-refractivity contribution in [2.24, 2.45) is 4.99 Å². The molecule has 0 amide bonds. The molecule has 2 nitrogen and oxygen atoms in total. The topological polar surface area (TPSA) is 32.6 Å². The standard InChI is InChI=1S/C11H13NO/c1-3-4-6-9-7-5-8-10(13)11(9)12-2/h3-8,13H,1-2H3/b4-3-,9-6-,12-11?. The van der Waals surface area contributed by atoms with Crippen molar-refractivity contribution in [2.45, 2.75) is 6.92 Å². The zero-order valence-electron chi connectivity index (χ0n) is 7.86. The first-order valence-corrected chi connectivity index (χ1v) is 4.17. The number of aliphatic hydroxyl groups is 1. The van der Waals surface area contributed by atoms with Crippen molar-refractivity contribution in [2.75, 3.05) is 7.05 Å². The number of allylic oxidation sites excluding steroid dienone is 7. The second-order valence-electron chi connectivity index (χ2n) is 2.63. The van der Waals surface area contributed by atoms with E-state index in [9.17, 15) is 5.11 Å². The molecule has 1 aliphatic carbocycles. The van der Waals surface area contributed by atoms with Gasteiger partial charge in [-0.1, -0.05) is 30.4 Å². The molecule has 68 valence electrons. The van der Waals surface area contributed by atoms with E-state index in [1.807, 2.05) is 31.2 Å². The molecule has 0 heterocycles. The number of aliphatic hydroxyl groups excluding tert-OH is 1. The average molecular weight is 175 g/mol. The minimum absolute atomic E-state index is 0.223. The first-order valence-electron chi connectivity index (χ1n) is 4.17. The van der Waals surface area contributed by atoms with Gasteiger partial charge in [0.1, 0.15) is 11.5 Å². The highest BCUT2D eigenvalue weighted by atomic mass is 16.3. The van der Waals surface area contributed by atoms with Crippen LogP contribution in [-0.2, 0) is 0 Å². The van der Waals surface area contributed by atoms with E-state index in [4.69, 9.17) is 0 Å². The molecule has 1 N–H and O–H groups in total. The molecule has 0 aromatic heterocycles. The summed E-state index contributed by atoms with van der Waals surface area (Å²) < 4.78 is 0. The number of rotatable bonds is 1. The van der Waals surface area contributed by atoms with Crippen LogP contribution in [0, 0.1) is 0 Å². The Morgan fingerprint density at radius 1 is 1.46 bits per heavy atom. The zero-order chi connectivity index (χ0) is 9.68. The van der Waals surface area contributed by atoms with Crippen LogP contribution in [0.2, 0.25) is 0 Å². The van der Waals surface area contributed by atoms with Crippen LogP contribution in [0.25, 0.3) is 0 Å². The van der Waals surface area contributed by atoms with Crippen LogP contribution < -0.4 is 0 Å². The van der Waals surface area contributed by atoms with Gasteiger partial charge in [-0.15, -0.1) is 0 Å². The number of aliphatic imine (C=N–C) groups is 1. The third kappa shape index (κ3) is 2.18. The largest absolute Gasteiger partial charge is 0.506 e. The predicted molar refractivity (Wildman–Crippen MR) is 56.1 cm³/mol. The molecule has 0 unspecified atom stereocenters.